The first-order valence-electron chi connectivity index (χ1n) is 4.80. The summed E-state index contributed by atoms with van der Waals surface area (Å²) in [7, 11) is 1.92. The lowest BCUT2D eigenvalue weighted by Gasteiger charge is -2.04. The van der Waals surface area contributed by atoms with E-state index in [2.05, 4.69) is 5.10 Å². The summed E-state index contributed by atoms with van der Waals surface area (Å²) in [6.07, 6.45) is 0. The molecule has 0 bridgehead atoms. The highest BCUT2D eigenvalue weighted by atomic mass is 35.5. The van der Waals surface area contributed by atoms with Crippen molar-refractivity contribution in [3.8, 4) is 0 Å². The van der Waals surface area contributed by atoms with Crippen molar-refractivity contribution in [2.45, 2.75) is 16.8 Å². The molecule has 3 nitrogen and oxygen atoms in total. The van der Waals surface area contributed by atoms with Crippen molar-refractivity contribution >= 4 is 29.1 Å². The third-order valence-corrected chi connectivity index (χ3v) is 3.72. The second-order valence-electron chi connectivity index (χ2n) is 3.54. The average Bonchev–Trinajstić information content (AvgIpc) is 2.50. The number of hydrogen-bond donors (Lipinski definition) is 1. The molecule has 2 aromatic rings. The SMILES string of the molecule is Cc1cc(Sc2ccc(N)cc2Cl)n(C)n1. The smallest absolute Gasteiger partial charge is 0.0987 e. The molecule has 0 aliphatic rings. The van der Waals surface area contributed by atoms with E-state index in [0.717, 1.165) is 15.6 Å². The van der Waals surface area contributed by atoms with Gasteiger partial charge in [-0.15, -0.1) is 0 Å². The minimum atomic E-state index is 0.670. The fraction of sp³-hybridized carbons (Fsp3) is 0.182. The molecule has 0 spiro atoms. The predicted molar refractivity (Wildman–Crippen MR) is 67.9 cm³/mol. The summed E-state index contributed by atoms with van der Waals surface area (Å²) in [5, 5.41) is 6.01. The Bertz CT molecular complexity index is 522. The summed E-state index contributed by atoms with van der Waals surface area (Å²) >= 11 is 7.69. The molecule has 84 valence electrons. The fourth-order valence-corrected chi connectivity index (χ4v) is 2.62. The summed E-state index contributed by atoms with van der Waals surface area (Å²) < 4.78 is 1.84. The van der Waals surface area contributed by atoms with Crippen LogP contribution in [0.1, 0.15) is 5.69 Å². The molecule has 5 heteroatoms. The van der Waals surface area contributed by atoms with E-state index in [4.69, 9.17) is 17.3 Å². The zero-order valence-electron chi connectivity index (χ0n) is 9.07. The van der Waals surface area contributed by atoms with Crippen LogP contribution in [-0.4, -0.2) is 9.78 Å². The molecule has 0 aliphatic heterocycles. The number of anilines is 1. The van der Waals surface area contributed by atoms with Crippen LogP contribution in [0.2, 0.25) is 5.02 Å². The molecule has 16 heavy (non-hydrogen) atoms. The van der Waals surface area contributed by atoms with E-state index >= 15 is 0 Å². The summed E-state index contributed by atoms with van der Waals surface area (Å²) in [4.78, 5) is 0.985. The van der Waals surface area contributed by atoms with Crippen molar-refractivity contribution in [2.75, 3.05) is 5.73 Å². The van der Waals surface area contributed by atoms with Crippen molar-refractivity contribution in [3.63, 3.8) is 0 Å². The molecule has 0 radical (unpaired) electrons. The molecule has 0 fully saturated rings. The van der Waals surface area contributed by atoms with Crippen molar-refractivity contribution in [1.82, 2.24) is 9.78 Å². The van der Waals surface area contributed by atoms with Gasteiger partial charge in [-0.2, -0.15) is 5.10 Å². The van der Waals surface area contributed by atoms with Crippen LogP contribution in [0.3, 0.4) is 0 Å². The Morgan fingerprint density at radius 1 is 1.38 bits per heavy atom. The van der Waals surface area contributed by atoms with Crippen molar-refractivity contribution < 1.29 is 0 Å². The van der Waals surface area contributed by atoms with Gasteiger partial charge in [0.05, 0.1) is 15.7 Å². The van der Waals surface area contributed by atoms with Crippen LogP contribution in [0.25, 0.3) is 0 Å². The molecule has 1 aromatic carbocycles. The van der Waals surface area contributed by atoms with Crippen LogP contribution in [0, 0.1) is 6.92 Å². The minimum absolute atomic E-state index is 0.670. The highest BCUT2D eigenvalue weighted by Gasteiger charge is 2.07. The van der Waals surface area contributed by atoms with Crippen LogP contribution in [0.5, 0.6) is 0 Å². The van der Waals surface area contributed by atoms with Crippen molar-refractivity contribution in [2.24, 2.45) is 7.05 Å². The lowest BCUT2D eigenvalue weighted by molar-refractivity contribution is 0.692. The number of nitrogens with two attached hydrogens (primary N) is 1. The summed E-state index contributed by atoms with van der Waals surface area (Å²) in [5.74, 6) is 0. The molecular weight excluding hydrogens is 242 g/mol. The Kier molecular flexibility index (Phi) is 3.12. The van der Waals surface area contributed by atoms with Crippen LogP contribution < -0.4 is 5.73 Å². The number of nitrogen functional groups attached to an aromatic ring is 1. The van der Waals surface area contributed by atoms with Crippen molar-refractivity contribution in [3.05, 3.63) is 35.0 Å². The van der Waals surface area contributed by atoms with Gasteiger partial charge in [-0.3, -0.25) is 4.68 Å². The third kappa shape index (κ3) is 2.33. The highest BCUT2D eigenvalue weighted by molar-refractivity contribution is 7.99. The molecule has 1 aromatic heterocycles. The number of nitrogens with zero attached hydrogens (tertiary/aromatic N) is 2. The van der Waals surface area contributed by atoms with Gasteiger partial charge in [0, 0.05) is 17.6 Å². The number of rotatable bonds is 2. The van der Waals surface area contributed by atoms with Gasteiger partial charge in [0.25, 0.3) is 0 Å². The molecule has 0 atom stereocenters. The maximum absolute atomic E-state index is 6.11. The van der Waals surface area contributed by atoms with E-state index in [0.29, 0.717) is 10.7 Å². The Hall–Kier alpha value is -1.13. The topological polar surface area (TPSA) is 43.8 Å². The van der Waals surface area contributed by atoms with Gasteiger partial charge >= 0.3 is 0 Å². The molecule has 0 saturated heterocycles. The van der Waals surface area contributed by atoms with Gasteiger partial charge in [0.15, 0.2) is 0 Å². The van der Waals surface area contributed by atoms with E-state index in [1.54, 1.807) is 17.8 Å². The third-order valence-electron chi connectivity index (χ3n) is 2.13. The first-order valence-corrected chi connectivity index (χ1v) is 5.99. The number of aryl methyl sites for hydroxylation is 2. The van der Waals surface area contributed by atoms with E-state index in [9.17, 15) is 0 Å². The summed E-state index contributed by atoms with van der Waals surface area (Å²) in [6, 6.07) is 7.55. The first-order chi connectivity index (χ1) is 7.56. The van der Waals surface area contributed by atoms with Gasteiger partial charge in [-0.25, -0.2) is 0 Å². The van der Waals surface area contributed by atoms with Gasteiger partial charge in [-0.05, 0) is 31.2 Å². The molecule has 0 saturated carbocycles. The maximum Gasteiger partial charge on any atom is 0.0987 e. The summed E-state index contributed by atoms with van der Waals surface area (Å²) in [5.41, 5.74) is 7.32. The minimum Gasteiger partial charge on any atom is -0.399 e. The average molecular weight is 254 g/mol. The zero-order chi connectivity index (χ0) is 11.7. The molecule has 0 amide bonds. The normalized spacial score (nSPS) is 10.7. The predicted octanol–water partition coefficient (Wildman–Crippen LogP) is 3.12. The van der Waals surface area contributed by atoms with Crippen LogP contribution >= 0.6 is 23.4 Å². The number of halogens is 1. The monoisotopic (exact) mass is 253 g/mol. The second kappa shape index (κ2) is 4.39. The molecular formula is C11H12ClN3S. The summed E-state index contributed by atoms with van der Waals surface area (Å²) in [6.45, 7) is 1.97. The first kappa shape index (κ1) is 11.4. The van der Waals surface area contributed by atoms with Gasteiger partial charge in [0.1, 0.15) is 0 Å². The lowest BCUT2D eigenvalue weighted by atomic mass is 10.3. The van der Waals surface area contributed by atoms with E-state index in [1.807, 2.05) is 36.9 Å². The fourth-order valence-electron chi connectivity index (χ4n) is 1.39. The van der Waals surface area contributed by atoms with Crippen LogP contribution in [0.4, 0.5) is 5.69 Å². The van der Waals surface area contributed by atoms with E-state index in [-0.39, 0.29) is 0 Å². The molecule has 2 rings (SSSR count). The number of benzene rings is 1. The second-order valence-corrected chi connectivity index (χ2v) is 5.01. The van der Waals surface area contributed by atoms with E-state index < -0.39 is 0 Å². The quantitative estimate of drug-likeness (QED) is 0.837. The zero-order valence-corrected chi connectivity index (χ0v) is 10.6. The van der Waals surface area contributed by atoms with Gasteiger partial charge in [0.2, 0.25) is 0 Å². The van der Waals surface area contributed by atoms with Gasteiger partial charge in [-0.1, -0.05) is 23.4 Å². The maximum atomic E-state index is 6.11. The Labute approximate surface area is 104 Å². The Morgan fingerprint density at radius 3 is 2.69 bits per heavy atom. The molecule has 2 N–H and O–H groups in total. The number of hydrogen-bond acceptors (Lipinski definition) is 3. The van der Waals surface area contributed by atoms with Crippen LogP contribution in [0.15, 0.2) is 34.2 Å². The highest BCUT2D eigenvalue weighted by Crippen LogP contribution is 2.34. The lowest BCUT2D eigenvalue weighted by Crippen LogP contribution is -1.92. The standard InChI is InChI=1S/C11H12ClN3S/c1-7-5-11(15(2)14-7)16-10-4-3-8(13)6-9(10)12/h3-6H,13H2,1-2H3. The molecule has 1 heterocycles. The largest absolute Gasteiger partial charge is 0.399 e. The van der Waals surface area contributed by atoms with E-state index in [1.165, 1.54) is 0 Å². The number of aromatic nitrogens is 2. The Morgan fingerprint density at radius 2 is 2.12 bits per heavy atom. The van der Waals surface area contributed by atoms with Crippen molar-refractivity contribution in [1.29, 1.82) is 0 Å². The Balaban J connectivity index is 2.30. The molecule has 0 unspecified atom stereocenters. The molecule has 0 aliphatic carbocycles. The van der Waals surface area contributed by atoms with Gasteiger partial charge < -0.3 is 5.73 Å². The van der Waals surface area contributed by atoms with Crippen LogP contribution in [-0.2, 0) is 7.05 Å².